The maximum absolute atomic E-state index is 11.3. The zero-order valence-electron chi connectivity index (χ0n) is 15.5. The fourth-order valence-electron chi connectivity index (χ4n) is 2.90. The number of nitriles is 1. The average Bonchev–Trinajstić information content (AvgIpc) is 2.71. The van der Waals surface area contributed by atoms with Gasteiger partial charge in [-0.3, -0.25) is 4.79 Å². The Kier molecular flexibility index (Phi) is 5.93. The van der Waals surface area contributed by atoms with Gasteiger partial charge in [-0.1, -0.05) is 48.5 Å². The van der Waals surface area contributed by atoms with E-state index in [2.05, 4.69) is 18.2 Å². The number of carbonyl (C=O) groups excluding carboxylic acids is 1. The number of fused-ring (bicyclic) bond motifs is 1. The van der Waals surface area contributed by atoms with Crippen molar-refractivity contribution in [2.24, 2.45) is 5.73 Å². The molecule has 0 aliphatic carbocycles. The fraction of sp³-hybridized carbons (Fsp3) is 0.130. The van der Waals surface area contributed by atoms with Gasteiger partial charge in [0.2, 0.25) is 0 Å². The molecule has 2 N–H and O–H groups in total. The van der Waals surface area contributed by atoms with Crippen molar-refractivity contribution in [3.8, 4) is 17.6 Å². The second kappa shape index (κ2) is 8.74. The van der Waals surface area contributed by atoms with Crippen LogP contribution < -0.4 is 15.2 Å². The molecule has 28 heavy (non-hydrogen) atoms. The van der Waals surface area contributed by atoms with Crippen LogP contribution in [-0.2, 0) is 11.4 Å². The maximum Gasteiger partial charge on any atom is 0.259 e. The molecule has 0 saturated heterocycles. The molecule has 3 aromatic carbocycles. The monoisotopic (exact) mass is 372 g/mol. The number of amides is 1. The van der Waals surface area contributed by atoms with Gasteiger partial charge in [0.1, 0.15) is 18.2 Å². The van der Waals surface area contributed by atoms with Crippen LogP contribution in [0.1, 0.15) is 18.1 Å². The number of hydrogen-bond donors (Lipinski definition) is 1. The quantitative estimate of drug-likeness (QED) is 0.497. The Balaban J connectivity index is 1.87. The summed E-state index contributed by atoms with van der Waals surface area (Å²) in [5.74, 6) is 0.361. The Morgan fingerprint density at radius 1 is 1.07 bits per heavy atom. The van der Waals surface area contributed by atoms with Crippen molar-refractivity contribution < 1.29 is 14.3 Å². The van der Waals surface area contributed by atoms with E-state index in [-0.39, 0.29) is 5.57 Å². The molecule has 3 rings (SSSR count). The molecule has 5 heteroatoms. The molecule has 0 bridgehead atoms. The molecule has 0 heterocycles. The van der Waals surface area contributed by atoms with Crippen LogP contribution in [0.25, 0.3) is 16.8 Å². The minimum Gasteiger partial charge on any atom is -0.490 e. The standard InChI is InChI=1S/C23H20N2O3/c1-2-27-22-13-16(12-19(14-24)23(25)26)10-11-21(22)28-15-18-8-5-7-17-6-3-4-9-20(17)18/h3-13H,2,15H2,1H3,(H2,25,26). The van der Waals surface area contributed by atoms with Crippen molar-refractivity contribution in [2.45, 2.75) is 13.5 Å². The lowest BCUT2D eigenvalue weighted by molar-refractivity contribution is -0.114. The second-order valence-corrected chi connectivity index (χ2v) is 6.10. The minimum atomic E-state index is -0.767. The number of nitrogens with zero attached hydrogens (tertiary/aromatic N) is 1. The van der Waals surface area contributed by atoms with E-state index in [1.165, 1.54) is 6.08 Å². The predicted molar refractivity (Wildman–Crippen MR) is 109 cm³/mol. The smallest absolute Gasteiger partial charge is 0.259 e. The topological polar surface area (TPSA) is 85.3 Å². The Hall–Kier alpha value is -3.78. The summed E-state index contributed by atoms with van der Waals surface area (Å²) in [6.45, 7) is 2.72. The van der Waals surface area contributed by atoms with E-state index >= 15 is 0 Å². The van der Waals surface area contributed by atoms with Crippen molar-refractivity contribution in [2.75, 3.05) is 6.61 Å². The number of hydrogen-bond acceptors (Lipinski definition) is 4. The summed E-state index contributed by atoms with van der Waals surface area (Å²) >= 11 is 0. The molecule has 0 aliphatic rings. The third-order valence-corrected chi connectivity index (χ3v) is 4.23. The van der Waals surface area contributed by atoms with Gasteiger partial charge in [0, 0.05) is 0 Å². The molecule has 0 atom stereocenters. The molecule has 3 aromatic rings. The van der Waals surface area contributed by atoms with Gasteiger partial charge < -0.3 is 15.2 Å². The third-order valence-electron chi connectivity index (χ3n) is 4.23. The molecule has 0 radical (unpaired) electrons. The van der Waals surface area contributed by atoms with Crippen LogP contribution in [0.2, 0.25) is 0 Å². The van der Waals surface area contributed by atoms with Gasteiger partial charge in [-0.05, 0) is 47.0 Å². The van der Waals surface area contributed by atoms with Gasteiger partial charge in [-0.25, -0.2) is 0 Å². The predicted octanol–water partition coefficient (Wildman–Crippen LogP) is 4.21. The van der Waals surface area contributed by atoms with E-state index in [9.17, 15) is 4.79 Å². The van der Waals surface area contributed by atoms with Gasteiger partial charge in [0.15, 0.2) is 11.5 Å². The number of rotatable bonds is 7. The van der Waals surface area contributed by atoms with Crippen molar-refractivity contribution in [3.63, 3.8) is 0 Å². The van der Waals surface area contributed by atoms with Crippen LogP contribution in [0.4, 0.5) is 0 Å². The summed E-state index contributed by atoms with van der Waals surface area (Å²) in [4.78, 5) is 11.3. The van der Waals surface area contributed by atoms with E-state index in [0.717, 1.165) is 16.3 Å². The SMILES string of the molecule is CCOc1cc(C=C(C#N)C(N)=O)ccc1OCc1cccc2ccccc12. The zero-order valence-corrected chi connectivity index (χ0v) is 15.5. The fourth-order valence-corrected chi connectivity index (χ4v) is 2.90. The number of benzene rings is 3. The molecule has 0 aliphatic heterocycles. The second-order valence-electron chi connectivity index (χ2n) is 6.10. The van der Waals surface area contributed by atoms with Crippen molar-refractivity contribution in [1.82, 2.24) is 0 Å². The Bertz CT molecular complexity index is 1080. The van der Waals surface area contributed by atoms with Crippen LogP contribution in [0.15, 0.2) is 66.2 Å². The summed E-state index contributed by atoms with van der Waals surface area (Å²) in [5, 5.41) is 11.3. The molecule has 0 spiro atoms. The third kappa shape index (κ3) is 4.30. The van der Waals surface area contributed by atoms with Gasteiger partial charge >= 0.3 is 0 Å². The first kappa shape index (κ1) is 19.0. The van der Waals surface area contributed by atoms with E-state index < -0.39 is 5.91 Å². The first-order valence-corrected chi connectivity index (χ1v) is 8.90. The average molecular weight is 372 g/mol. The van der Waals surface area contributed by atoms with Gasteiger partial charge in [0.05, 0.1) is 6.61 Å². The van der Waals surface area contributed by atoms with Gasteiger partial charge in [-0.15, -0.1) is 0 Å². The summed E-state index contributed by atoms with van der Waals surface area (Å²) in [6, 6.07) is 21.3. The maximum atomic E-state index is 11.3. The Labute approximate surface area is 163 Å². The van der Waals surface area contributed by atoms with E-state index in [0.29, 0.717) is 30.3 Å². The lowest BCUT2D eigenvalue weighted by atomic mass is 10.1. The van der Waals surface area contributed by atoms with Crippen molar-refractivity contribution >= 4 is 22.8 Å². The van der Waals surface area contributed by atoms with Gasteiger partial charge in [-0.2, -0.15) is 5.26 Å². The van der Waals surface area contributed by atoms with Crippen LogP contribution >= 0.6 is 0 Å². The highest BCUT2D eigenvalue weighted by molar-refractivity contribution is 6.00. The highest BCUT2D eigenvalue weighted by atomic mass is 16.5. The van der Waals surface area contributed by atoms with Crippen LogP contribution in [0, 0.1) is 11.3 Å². The lowest BCUT2D eigenvalue weighted by Gasteiger charge is -2.14. The molecule has 0 saturated carbocycles. The largest absolute Gasteiger partial charge is 0.490 e. The summed E-state index contributed by atoms with van der Waals surface area (Å²) in [5.41, 5.74) is 6.78. The molecular weight excluding hydrogens is 352 g/mol. The van der Waals surface area contributed by atoms with Crippen LogP contribution in [-0.4, -0.2) is 12.5 Å². The van der Waals surface area contributed by atoms with E-state index in [1.54, 1.807) is 24.3 Å². The minimum absolute atomic E-state index is 0.119. The Morgan fingerprint density at radius 3 is 2.61 bits per heavy atom. The molecule has 1 amide bonds. The molecule has 0 fully saturated rings. The molecular formula is C23H20N2O3. The first-order valence-electron chi connectivity index (χ1n) is 8.90. The highest BCUT2D eigenvalue weighted by Gasteiger charge is 2.10. The van der Waals surface area contributed by atoms with Crippen molar-refractivity contribution in [1.29, 1.82) is 5.26 Å². The molecule has 5 nitrogen and oxygen atoms in total. The summed E-state index contributed by atoms with van der Waals surface area (Å²) in [7, 11) is 0. The molecule has 0 aromatic heterocycles. The van der Waals surface area contributed by atoms with Crippen molar-refractivity contribution in [3.05, 3.63) is 77.4 Å². The Morgan fingerprint density at radius 2 is 1.86 bits per heavy atom. The van der Waals surface area contributed by atoms with Gasteiger partial charge in [0.25, 0.3) is 5.91 Å². The summed E-state index contributed by atoms with van der Waals surface area (Å²) in [6.07, 6.45) is 1.43. The van der Waals surface area contributed by atoms with Crippen LogP contribution in [0.3, 0.4) is 0 Å². The number of nitrogens with two attached hydrogens (primary N) is 1. The normalized spacial score (nSPS) is 11.1. The molecule has 0 unspecified atom stereocenters. The van der Waals surface area contributed by atoms with E-state index in [4.69, 9.17) is 20.5 Å². The number of ether oxygens (including phenoxy) is 2. The number of carbonyl (C=O) groups is 1. The first-order chi connectivity index (χ1) is 13.6. The van der Waals surface area contributed by atoms with Crippen LogP contribution in [0.5, 0.6) is 11.5 Å². The van der Waals surface area contributed by atoms with E-state index in [1.807, 2.05) is 31.2 Å². The lowest BCUT2D eigenvalue weighted by Crippen LogP contribution is -2.12. The summed E-state index contributed by atoms with van der Waals surface area (Å²) < 4.78 is 11.7. The highest BCUT2D eigenvalue weighted by Crippen LogP contribution is 2.31. The zero-order chi connectivity index (χ0) is 19.9. The number of primary amides is 1. The molecule has 140 valence electrons.